The average Bonchev–Trinajstić information content (AvgIpc) is 2.37. The maximum atomic E-state index is 11.9. The quantitative estimate of drug-likeness (QED) is 0.743. The summed E-state index contributed by atoms with van der Waals surface area (Å²) < 4.78 is 31.2. The lowest BCUT2D eigenvalue weighted by Gasteiger charge is -2.11. The van der Waals surface area contributed by atoms with Gasteiger partial charge in [0, 0.05) is 19.7 Å². The smallest absolute Gasteiger partial charge is 0.240 e. The number of nitrogens with two attached hydrogens (primary N) is 1. The first kappa shape index (κ1) is 16.1. The summed E-state index contributed by atoms with van der Waals surface area (Å²) >= 11 is 0. The number of rotatable bonds is 8. The summed E-state index contributed by atoms with van der Waals surface area (Å²) in [5, 5.41) is 0. The van der Waals surface area contributed by atoms with Crippen LogP contribution in [0, 0.1) is 0 Å². The van der Waals surface area contributed by atoms with Gasteiger partial charge in [0.1, 0.15) is 0 Å². The van der Waals surface area contributed by atoms with E-state index < -0.39 is 10.0 Å². The topological polar surface area (TPSA) is 81.4 Å². The summed E-state index contributed by atoms with van der Waals surface area (Å²) in [6.07, 6.45) is 1.43. The minimum absolute atomic E-state index is 0.0781. The van der Waals surface area contributed by atoms with E-state index in [0.29, 0.717) is 19.6 Å². The zero-order chi connectivity index (χ0) is 14.3. The van der Waals surface area contributed by atoms with Crippen molar-refractivity contribution in [1.82, 2.24) is 4.72 Å². The molecule has 1 aromatic carbocycles. The van der Waals surface area contributed by atoms with E-state index in [1.807, 2.05) is 6.92 Å². The van der Waals surface area contributed by atoms with E-state index in [0.717, 1.165) is 12.0 Å². The van der Waals surface area contributed by atoms with Crippen LogP contribution in [-0.2, 0) is 21.2 Å². The van der Waals surface area contributed by atoms with E-state index in [1.54, 1.807) is 31.4 Å². The van der Waals surface area contributed by atoms with Crippen molar-refractivity contribution in [3.8, 4) is 0 Å². The molecular weight excluding hydrogens is 264 g/mol. The molecule has 6 heteroatoms. The van der Waals surface area contributed by atoms with Gasteiger partial charge >= 0.3 is 0 Å². The number of benzene rings is 1. The van der Waals surface area contributed by atoms with Crippen LogP contribution in [0.5, 0.6) is 0 Å². The molecular formula is C13H22N2O3S. The minimum Gasteiger partial charge on any atom is -0.383 e. The van der Waals surface area contributed by atoms with Gasteiger partial charge in [-0.15, -0.1) is 0 Å². The van der Waals surface area contributed by atoms with E-state index >= 15 is 0 Å². The molecule has 1 atom stereocenters. The van der Waals surface area contributed by atoms with Crippen LogP contribution in [-0.4, -0.2) is 34.7 Å². The highest BCUT2D eigenvalue weighted by molar-refractivity contribution is 7.89. The maximum absolute atomic E-state index is 11.9. The van der Waals surface area contributed by atoms with Crippen LogP contribution in [0.1, 0.15) is 18.9 Å². The van der Waals surface area contributed by atoms with Gasteiger partial charge in [-0.1, -0.05) is 19.1 Å². The first-order chi connectivity index (χ1) is 8.99. The summed E-state index contributed by atoms with van der Waals surface area (Å²) in [5.74, 6) is 0. The van der Waals surface area contributed by atoms with Gasteiger partial charge in [-0.25, -0.2) is 13.1 Å². The molecule has 1 unspecified atom stereocenters. The van der Waals surface area contributed by atoms with Gasteiger partial charge in [0.2, 0.25) is 10.0 Å². The van der Waals surface area contributed by atoms with Crippen LogP contribution in [0.25, 0.3) is 0 Å². The van der Waals surface area contributed by atoms with Crippen molar-refractivity contribution in [1.29, 1.82) is 0 Å². The van der Waals surface area contributed by atoms with Crippen molar-refractivity contribution in [2.24, 2.45) is 5.73 Å². The lowest BCUT2D eigenvalue weighted by Crippen LogP contribution is -2.28. The molecule has 0 radical (unpaired) electrons. The number of methoxy groups -OCH3 is 1. The van der Waals surface area contributed by atoms with Gasteiger partial charge in [0.05, 0.1) is 11.5 Å². The van der Waals surface area contributed by atoms with Crippen molar-refractivity contribution in [3.63, 3.8) is 0 Å². The molecule has 19 heavy (non-hydrogen) atoms. The van der Waals surface area contributed by atoms with Gasteiger partial charge < -0.3 is 10.5 Å². The van der Waals surface area contributed by atoms with Gasteiger partial charge in [-0.05, 0) is 30.5 Å². The summed E-state index contributed by atoms with van der Waals surface area (Å²) in [5.41, 5.74) is 6.85. The monoisotopic (exact) mass is 286 g/mol. The summed E-state index contributed by atoms with van der Waals surface area (Å²) in [6, 6.07) is 6.71. The Hall–Kier alpha value is -0.950. The standard InChI is InChI=1S/C13H22N2O3S/c1-3-8-15-19(16,17)13-6-4-11(5-7-13)9-12(14)10-18-2/h4-7,12,15H,3,8-10,14H2,1-2H3. The third kappa shape index (κ3) is 5.28. The number of sulfonamides is 1. The SMILES string of the molecule is CCCNS(=O)(=O)c1ccc(CC(N)COC)cc1. The van der Waals surface area contributed by atoms with Crippen LogP contribution >= 0.6 is 0 Å². The lowest BCUT2D eigenvalue weighted by molar-refractivity contribution is 0.180. The molecule has 0 aliphatic carbocycles. The first-order valence-corrected chi connectivity index (χ1v) is 7.81. The average molecular weight is 286 g/mol. The van der Waals surface area contributed by atoms with Crippen molar-refractivity contribution in [2.45, 2.75) is 30.7 Å². The van der Waals surface area contributed by atoms with Crippen molar-refractivity contribution in [2.75, 3.05) is 20.3 Å². The van der Waals surface area contributed by atoms with Crippen LogP contribution in [0.15, 0.2) is 29.2 Å². The molecule has 0 bridgehead atoms. The van der Waals surface area contributed by atoms with E-state index in [-0.39, 0.29) is 10.9 Å². The molecule has 0 heterocycles. The zero-order valence-electron chi connectivity index (χ0n) is 11.4. The first-order valence-electron chi connectivity index (χ1n) is 6.32. The normalized spacial score (nSPS) is 13.4. The molecule has 1 aromatic rings. The van der Waals surface area contributed by atoms with E-state index in [1.165, 1.54) is 0 Å². The highest BCUT2D eigenvalue weighted by atomic mass is 32.2. The third-order valence-corrected chi connectivity index (χ3v) is 4.13. The fourth-order valence-electron chi connectivity index (χ4n) is 1.70. The van der Waals surface area contributed by atoms with E-state index in [2.05, 4.69) is 4.72 Å². The van der Waals surface area contributed by atoms with E-state index in [9.17, 15) is 8.42 Å². The fraction of sp³-hybridized carbons (Fsp3) is 0.538. The largest absolute Gasteiger partial charge is 0.383 e. The predicted octanol–water partition coefficient (Wildman–Crippen LogP) is 0.891. The molecule has 0 amide bonds. The highest BCUT2D eigenvalue weighted by Gasteiger charge is 2.12. The Morgan fingerprint density at radius 3 is 2.47 bits per heavy atom. The molecule has 0 aliphatic rings. The van der Waals surface area contributed by atoms with Crippen LogP contribution in [0.3, 0.4) is 0 Å². The van der Waals surface area contributed by atoms with Gasteiger partial charge in [0.15, 0.2) is 0 Å². The number of nitrogens with one attached hydrogen (secondary N) is 1. The molecule has 0 saturated heterocycles. The second-order valence-electron chi connectivity index (χ2n) is 4.46. The third-order valence-electron chi connectivity index (χ3n) is 2.65. The molecule has 0 fully saturated rings. The van der Waals surface area contributed by atoms with Gasteiger partial charge in [-0.3, -0.25) is 0 Å². The Kier molecular flexibility index (Phi) is 6.44. The molecule has 0 aromatic heterocycles. The van der Waals surface area contributed by atoms with E-state index in [4.69, 9.17) is 10.5 Å². The highest BCUT2D eigenvalue weighted by Crippen LogP contribution is 2.11. The number of ether oxygens (including phenoxy) is 1. The number of hydrogen-bond donors (Lipinski definition) is 2. The minimum atomic E-state index is -3.38. The molecule has 0 saturated carbocycles. The summed E-state index contributed by atoms with van der Waals surface area (Å²) in [7, 11) is -1.78. The van der Waals surface area contributed by atoms with Gasteiger partial charge in [-0.2, -0.15) is 0 Å². The molecule has 1 rings (SSSR count). The Balaban J connectivity index is 2.71. The van der Waals surface area contributed by atoms with Crippen molar-refractivity contribution < 1.29 is 13.2 Å². The molecule has 108 valence electrons. The summed E-state index contributed by atoms with van der Waals surface area (Å²) in [4.78, 5) is 0.282. The molecule has 0 aliphatic heterocycles. The van der Waals surface area contributed by atoms with Crippen LogP contribution in [0.4, 0.5) is 0 Å². The zero-order valence-corrected chi connectivity index (χ0v) is 12.2. The molecule has 5 nitrogen and oxygen atoms in total. The lowest BCUT2D eigenvalue weighted by atomic mass is 10.1. The molecule has 0 spiro atoms. The second-order valence-corrected chi connectivity index (χ2v) is 6.23. The number of hydrogen-bond acceptors (Lipinski definition) is 4. The van der Waals surface area contributed by atoms with Crippen LogP contribution in [0.2, 0.25) is 0 Å². The predicted molar refractivity (Wildman–Crippen MR) is 75.5 cm³/mol. The van der Waals surface area contributed by atoms with Crippen molar-refractivity contribution in [3.05, 3.63) is 29.8 Å². The maximum Gasteiger partial charge on any atom is 0.240 e. The Morgan fingerprint density at radius 2 is 1.95 bits per heavy atom. The Bertz CT molecular complexity index is 471. The summed E-state index contributed by atoms with van der Waals surface area (Å²) in [6.45, 7) is 2.85. The molecule has 3 N–H and O–H groups in total. The Morgan fingerprint density at radius 1 is 1.32 bits per heavy atom. The fourth-order valence-corrected chi connectivity index (χ4v) is 2.83. The van der Waals surface area contributed by atoms with Crippen LogP contribution < -0.4 is 10.5 Å². The second kappa shape index (κ2) is 7.59. The van der Waals surface area contributed by atoms with Crippen molar-refractivity contribution >= 4 is 10.0 Å². The Labute approximate surface area is 115 Å². The van der Waals surface area contributed by atoms with Gasteiger partial charge in [0.25, 0.3) is 0 Å².